The molecule has 10 rings (SSSR count). The number of aliphatic hydroxyl groups excluding tert-OH is 2. The lowest BCUT2D eigenvalue weighted by atomic mass is 9.78. The number of methoxy groups -OCH3 is 2. The number of allylic oxidation sites excluding steroid dienone is 2. The van der Waals surface area contributed by atoms with Crippen LogP contribution in [0.15, 0.2) is 58.3 Å². The highest BCUT2D eigenvalue weighted by Gasteiger charge is 2.48. The summed E-state index contributed by atoms with van der Waals surface area (Å²) >= 11 is 0. The SMILES string of the molecule is COc1c(N2CCC(C(C)NC3CCN(/N=C/c4c5c(O)c6c(O)c(C)c7c(c6c4O)C(=O)[C@](C)(C7)O/C=C/[C@H](OC)[C@@H](C)[C@@H](OC(C)=O)[C@H](C)[C@H](O)[C@H](C)[C@@H](O)[C@@H](C)/C=C/C=C(/C)C(=O)N5)CC3)C2)c(F)cc2c(=O)c(C(=O)O)cn(C3CC3)c12. The van der Waals surface area contributed by atoms with E-state index in [2.05, 4.69) is 17.6 Å². The number of fused-ring (bicyclic) bond motifs is 15. The minimum atomic E-state index is -1.62. The molecule has 1 saturated carbocycles. The summed E-state index contributed by atoms with van der Waals surface area (Å²) in [6.45, 7) is 16.9. The molecule has 0 spiro atoms. The molecule has 8 N–H and O–H groups in total. The van der Waals surface area contributed by atoms with Gasteiger partial charge in [-0.15, -0.1) is 0 Å². The molecular weight excluding hydrogens is 1110 g/mol. The van der Waals surface area contributed by atoms with Crippen molar-refractivity contribution in [3.8, 4) is 23.0 Å². The Labute approximate surface area is 498 Å². The average molecular weight is 1190 g/mol. The number of aromatic hydroxyl groups is 3. The molecule has 1 aromatic heterocycles. The van der Waals surface area contributed by atoms with Gasteiger partial charge in [0.05, 0.1) is 65.4 Å². The number of pyridine rings is 1. The molecule has 2 unspecified atom stereocenters. The highest BCUT2D eigenvalue weighted by atomic mass is 19.1. The number of benzene rings is 3. The van der Waals surface area contributed by atoms with Gasteiger partial charge in [-0.05, 0) is 89.0 Å². The zero-order chi connectivity index (χ0) is 62.5. The van der Waals surface area contributed by atoms with Crippen molar-refractivity contribution in [3.63, 3.8) is 0 Å². The van der Waals surface area contributed by atoms with Crippen LogP contribution in [0.4, 0.5) is 15.8 Å². The zero-order valence-electron chi connectivity index (χ0n) is 50.6. The third kappa shape index (κ3) is 11.9. The van der Waals surface area contributed by atoms with E-state index in [1.807, 2.05) is 4.90 Å². The lowest BCUT2D eigenvalue weighted by Gasteiger charge is -2.38. The van der Waals surface area contributed by atoms with Gasteiger partial charge in [0.1, 0.15) is 28.9 Å². The van der Waals surface area contributed by atoms with Crippen LogP contribution in [0.25, 0.3) is 21.7 Å². The van der Waals surface area contributed by atoms with Crippen LogP contribution in [-0.2, 0) is 30.2 Å². The van der Waals surface area contributed by atoms with Gasteiger partial charge in [-0.25, -0.2) is 9.18 Å². The number of aliphatic hydroxyl groups is 2. The van der Waals surface area contributed by atoms with E-state index in [-0.39, 0.29) is 86.0 Å². The number of aromatic nitrogens is 1. The number of ether oxygens (including phenoxy) is 4. The monoisotopic (exact) mass is 1190 g/mol. The number of anilines is 2. The molecule has 1 amide bonds. The fourth-order valence-corrected chi connectivity index (χ4v) is 13.2. The number of nitrogens with one attached hydrogen (secondary N) is 2. The first kappa shape index (κ1) is 63.0. The van der Waals surface area contributed by atoms with Gasteiger partial charge in [-0.3, -0.25) is 24.2 Å². The van der Waals surface area contributed by atoms with Crippen LogP contribution in [0, 0.1) is 42.3 Å². The molecule has 3 aromatic carbocycles. The number of hydrogen-bond donors (Lipinski definition) is 8. The smallest absolute Gasteiger partial charge is 0.341 e. The number of phenols is 3. The van der Waals surface area contributed by atoms with Crippen molar-refractivity contribution in [2.24, 2.45) is 34.7 Å². The minimum Gasteiger partial charge on any atom is -0.507 e. The molecule has 4 aliphatic heterocycles. The summed E-state index contributed by atoms with van der Waals surface area (Å²) in [4.78, 5) is 68.8. The number of piperidine rings is 1. The highest BCUT2D eigenvalue weighted by molar-refractivity contribution is 6.23. The summed E-state index contributed by atoms with van der Waals surface area (Å²) in [5, 5.41) is 82.3. The molecule has 2 aliphatic carbocycles. The van der Waals surface area contributed by atoms with Crippen molar-refractivity contribution in [1.82, 2.24) is 14.9 Å². The second-order valence-corrected chi connectivity index (χ2v) is 24.5. The van der Waals surface area contributed by atoms with Crippen LogP contribution in [0.5, 0.6) is 23.0 Å². The number of carboxylic acids is 1. The van der Waals surface area contributed by atoms with Crippen molar-refractivity contribution in [2.45, 2.75) is 149 Å². The van der Waals surface area contributed by atoms with Crippen LogP contribution >= 0.6 is 0 Å². The van der Waals surface area contributed by atoms with Gasteiger partial charge in [-0.1, -0.05) is 45.9 Å². The van der Waals surface area contributed by atoms with E-state index < -0.39 is 111 Å². The van der Waals surface area contributed by atoms with E-state index in [4.69, 9.17) is 24.0 Å². The molecule has 5 heterocycles. The predicted octanol–water partition coefficient (Wildman–Crippen LogP) is 7.76. The van der Waals surface area contributed by atoms with Crippen LogP contribution in [0.2, 0.25) is 0 Å². The van der Waals surface area contributed by atoms with Crippen molar-refractivity contribution in [2.75, 3.05) is 50.6 Å². The number of halogens is 1. The first-order chi connectivity index (χ1) is 40.7. The van der Waals surface area contributed by atoms with Crippen LogP contribution < -0.4 is 25.7 Å². The fraction of sp³-hybridized carbons (Fsp3) is 0.531. The average Bonchev–Trinajstić information content (AvgIpc) is 1.44. The summed E-state index contributed by atoms with van der Waals surface area (Å²) in [5.41, 5.74) is -1.90. The molecule has 21 nitrogen and oxygen atoms in total. The van der Waals surface area contributed by atoms with Gasteiger partial charge in [0.15, 0.2) is 22.9 Å². The van der Waals surface area contributed by atoms with E-state index in [1.165, 1.54) is 52.8 Å². The number of hydrazone groups is 1. The van der Waals surface area contributed by atoms with E-state index in [0.717, 1.165) is 25.3 Å². The molecule has 3 fully saturated rings. The molecule has 4 aromatic rings. The maximum atomic E-state index is 16.2. The van der Waals surface area contributed by atoms with Crippen molar-refractivity contribution >= 4 is 62.9 Å². The second kappa shape index (κ2) is 25.1. The van der Waals surface area contributed by atoms with E-state index in [1.54, 1.807) is 69.3 Å². The molecule has 86 heavy (non-hydrogen) atoms. The highest BCUT2D eigenvalue weighted by Crippen LogP contribution is 2.53. The lowest BCUT2D eigenvalue weighted by Crippen LogP contribution is -2.46. The van der Waals surface area contributed by atoms with Gasteiger partial charge >= 0.3 is 11.9 Å². The number of Topliss-reactive ketones (excluding diaryl/α,β-unsaturated/α-hetero) is 1. The van der Waals surface area contributed by atoms with Crippen LogP contribution in [0.1, 0.15) is 131 Å². The molecule has 6 aliphatic rings. The number of rotatable bonds is 11. The van der Waals surface area contributed by atoms with Gasteiger partial charge in [0, 0.05) is 111 Å². The van der Waals surface area contributed by atoms with Crippen molar-refractivity contribution in [1.29, 1.82) is 0 Å². The Bertz CT molecular complexity index is 3530. The van der Waals surface area contributed by atoms with Crippen molar-refractivity contribution < 1.29 is 73.2 Å². The molecule has 11 atom stereocenters. The minimum absolute atomic E-state index is 0.00848. The maximum absolute atomic E-state index is 16.2. The second-order valence-electron chi connectivity index (χ2n) is 24.5. The Hall–Kier alpha value is -7.53. The Morgan fingerprint density at radius 1 is 0.930 bits per heavy atom. The summed E-state index contributed by atoms with van der Waals surface area (Å²) in [6, 6.07) is 1.15. The Balaban J connectivity index is 0.986. The number of carbonyl (C=O) groups excluding carboxylic acids is 3. The number of esters is 1. The largest absolute Gasteiger partial charge is 0.507 e. The number of amides is 1. The number of aromatic carboxylic acids is 1. The van der Waals surface area contributed by atoms with Crippen LogP contribution in [0.3, 0.4) is 0 Å². The third-order valence-electron chi connectivity index (χ3n) is 18.7. The number of carboxylic acid groups (broad SMARTS) is 1. The molecular formula is C64H81FN6O15. The summed E-state index contributed by atoms with van der Waals surface area (Å²) in [5.74, 6) is -7.81. The topological polar surface area (TPSA) is 291 Å². The van der Waals surface area contributed by atoms with Gasteiger partial charge in [0.2, 0.25) is 11.2 Å². The first-order valence-electron chi connectivity index (χ1n) is 29.6. The number of phenolic OH excluding ortho intramolecular Hbond substituents is 3. The molecule has 5 bridgehead atoms. The quantitative estimate of drug-likeness (QED) is 0.0308. The maximum Gasteiger partial charge on any atom is 0.341 e. The summed E-state index contributed by atoms with van der Waals surface area (Å²) in [7, 11) is 2.88. The first-order valence-corrected chi connectivity index (χ1v) is 29.6. The standard InChI is InChI=1S/C64H81FN6O15/c1-30-13-12-14-31(2)62(80)68-50-43(27-66-70-22-18-39(19-23-70)67-36(7)38-17-21-69(28-38)52-45(65)25-41-51(60(52)84-11)71(40-15-16-40)29-44(56(41)76)63(81)82)57(77)48-47-42(32(3)55(75)49(48)58(50)78)26-64(9,61(47)79)85-24-20-46(83-10)33(4)59(86-37(8)72)35(6)54(74)34(5)53(30)73/h12-14,20,24-25,27,29-30,33-36,38-40,46,53-54,59,67,73-75,77-78H,15-19,21-23,26,28H2,1-11H3,(H,68,80)(H,81,82)/b13-12+,24-20+,31-14-,66-27+/t30-,33+,34+,35+,36?,38?,46-,53-,54+,59+,64-/m0/s1. The number of hydrogen-bond acceptors (Lipinski definition) is 18. The van der Waals surface area contributed by atoms with Gasteiger partial charge in [-0.2, -0.15) is 5.10 Å². The number of nitrogens with zero attached hydrogens (tertiary/aromatic N) is 4. The Morgan fingerprint density at radius 3 is 2.27 bits per heavy atom. The Morgan fingerprint density at radius 2 is 1.63 bits per heavy atom. The van der Waals surface area contributed by atoms with E-state index in [9.17, 15) is 54.6 Å². The predicted molar refractivity (Wildman–Crippen MR) is 322 cm³/mol. The summed E-state index contributed by atoms with van der Waals surface area (Å²) in [6.07, 6.45) is 9.86. The number of carbonyl (C=O) groups is 4. The van der Waals surface area contributed by atoms with Crippen molar-refractivity contribution in [3.05, 3.63) is 92.3 Å². The molecule has 464 valence electrons. The molecule has 0 radical (unpaired) electrons. The van der Waals surface area contributed by atoms with Gasteiger partial charge < -0.3 is 69.7 Å². The molecule has 2 saturated heterocycles. The van der Waals surface area contributed by atoms with Crippen LogP contribution in [-0.4, -0.2) is 153 Å². The van der Waals surface area contributed by atoms with E-state index >= 15 is 4.39 Å². The zero-order valence-corrected chi connectivity index (χ0v) is 50.6. The van der Waals surface area contributed by atoms with Gasteiger partial charge in [0.25, 0.3) is 5.91 Å². The van der Waals surface area contributed by atoms with E-state index in [0.29, 0.717) is 50.1 Å². The molecule has 22 heteroatoms. The Kier molecular flexibility index (Phi) is 18.3. The summed E-state index contributed by atoms with van der Waals surface area (Å²) < 4.78 is 41.8. The normalized spacial score (nSPS) is 28.9. The fourth-order valence-electron chi connectivity index (χ4n) is 13.2. The lowest BCUT2D eigenvalue weighted by molar-refractivity contribution is -0.160. The number of ketones is 1. The third-order valence-corrected chi connectivity index (χ3v) is 18.7.